The first-order valence-electron chi connectivity index (χ1n) is 15.0. The molecule has 12 nitrogen and oxygen atoms in total. The van der Waals surface area contributed by atoms with Crippen LogP contribution in [-0.2, 0) is 12.7 Å². The summed E-state index contributed by atoms with van der Waals surface area (Å²) in [5.74, 6) is 0.0264. The van der Waals surface area contributed by atoms with Gasteiger partial charge in [0.25, 0.3) is 0 Å². The van der Waals surface area contributed by atoms with Crippen molar-refractivity contribution in [1.29, 1.82) is 0 Å². The summed E-state index contributed by atoms with van der Waals surface area (Å²) in [6.45, 7) is 0.338. The summed E-state index contributed by atoms with van der Waals surface area (Å²) in [7, 11) is 1.48. The predicted molar refractivity (Wildman–Crippen MR) is 172 cm³/mol. The van der Waals surface area contributed by atoms with E-state index in [-0.39, 0.29) is 40.8 Å². The van der Waals surface area contributed by atoms with Crippen LogP contribution in [-0.4, -0.2) is 60.3 Å². The van der Waals surface area contributed by atoms with Gasteiger partial charge in [0.15, 0.2) is 0 Å². The highest BCUT2D eigenvalue weighted by Crippen LogP contribution is 2.38. The third-order valence-corrected chi connectivity index (χ3v) is 8.23. The maximum atomic E-state index is 13.8. The molecule has 0 saturated heterocycles. The Bertz CT molecular complexity index is 1850. The molecule has 1 aliphatic carbocycles. The molecule has 6 rings (SSSR count). The zero-order valence-corrected chi connectivity index (χ0v) is 26.3. The summed E-state index contributed by atoms with van der Waals surface area (Å²) in [5.41, 5.74) is 1.26. The molecule has 1 aliphatic rings. The smallest absolute Gasteiger partial charge is 0.420 e. The molecule has 0 bridgehead atoms. The van der Waals surface area contributed by atoms with Crippen LogP contribution in [0.1, 0.15) is 36.8 Å². The Morgan fingerprint density at radius 1 is 1.02 bits per heavy atom. The van der Waals surface area contributed by atoms with Crippen molar-refractivity contribution in [3.05, 3.63) is 89.6 Å². The fourth-order valence-electron chi connectivity index (χ4n) is 5.58. The number of nitrogens with one attached hydrogen (secondary N) is 3. The fourth-order valence-corrected chi connectivity index (χ4v) is 5.76. The van der Waals surface area contributed by atoms with E-state index in [1.165, 1.54) is 13.3 Å². The summed E-state index contributed by atoms with van der Waals surface area (Å²) in [4.78, 5) is 36.5. The molecule has 1 fully saturated rings. The highest BCUT2D eigenvalue weighted by molar-refractivity contribution is 6.32. The molecule has 4 heterocycles. The number of carbonyl (C=O) groups is 1. The molecule has 0 aliphatic heterocycles. The number of nitrogens with zero attached hydrogens (tertiary/aromatic N) is 7. The number of H-pyrrole nitrogens is 1. The predicted octanol–water partition coefficient (Wildman–Crippen LogP) is 6.54. The first-order chi connectivity index (χ1) is 23.2. The first-order valence-corrected chi connectivity index (χ1v) is 15.4. The molecule has 16 heteroatoms. The molecule has 0 spiro atoms. The van der Waals surface area contributed by atoms with Crippen molar-refractivity contribution in [1.82, 2.24) is 40.4 Å². The maximum absolute atomic E-state index is 13.8. The Labute approximate surface area is 278 Å². The van der Waals surface area contributed by atoms with Crippen LogP contribution in [0.25, 0.3) is 22.6 Å². The average molecular weight is 679 g/mol. The monoisotopic (exact) mass is 678 g/mol. The van der Waals surface area contributed by atoms with Crippen LogP contribution in [0, 0.1) is 0 Å². The minimum atomic E-state index is -4.70. The second-order valence-electron chi connectivity index (χ2n) is 11.1. The summed E-state index contributed by atoms with van der Waals surface area (Å²) >= 11 is 6.08. The quantitative estimate of drug-likeness (QED) is 0.158. The number of aromatic nitrogens is 7. The zero-order chi connectivity index (χ0) is 33.7. The van der Waals surface area contributed by atoms with Gasteiger partial charge in [0.1, 0.15) is 17.0 Å². The fraction of sp³-hybridized carbons (Fsp3) is 0.281. The van der Waals surface area contributed by atoms with Crippen molar-refractivity contribution in [3.8, 4) is 28.7 Å². The van der Waals surface area contributed by atoms with E-state index in [2.05, 4.69) is 45.8 Å². The number of pyridine rings is 1. The van der Waals surface area contributed by atoms with E-state index >= 15 is 0 Å². The molecular weight excluding hydrogens is 649 g/mol. The van der Waals surface area contributed by atoms with Crippen LogP contribution in [0.4, 0.5) is 29.6 Å². The topological polar surface area (TPSA) is 147 Å². The van der Waals surface area contributed by atoms with E-state index in [1.807, 2.05) is 36.4 Å². The van der Waals surface area contributed by atoms with Crippen LogP contribution < -0.4 is 20.3 Å². The first kappa shape index (κ1) is 32.6. The van der Waals surface area contributed by atoms with Gasteiger partial charge in [-0.3, -0.25) is 15.0 Å². The van der Waals surface area contributed by atoms with Crippen molar-refractivity contribution < 1.29 is 22.7 Å². The van der Waals surface area contributed by atoms with Crippen molar-refractivity contribution in [2.45, 2.75) is 50.5 Å². The Hall–Kier alpha value is -5.31. The van der Waals surface area contributed by atoms with Crippen LogP contribution >= 0.6 is 11.6 Å². The van der Waals surface area contributed by atoms with Gasteiger partial charge in [0, 0.05) is 60.9 Å². The molecule has 2 amide bonds. The summed E-state index contributed by atoms with van der Waals surface area (Å²) < 4.78 is 46.3. The number of anilines is 2. The number of ether oxygens (including phenoxy) is 1. The molecule has 0 radical (unpaired) electrons. The lowest BCUT2D eigenvalue weighted by Crippen LogP contribution is -2.48. The molecule has 248 valence electrons. The lowest BCUT2D eigenvalue weighted by molar-refractivity contribution is -0.137. The van der Waals surface area contributed by atoms with Crippen LogP contribution in [0.15, 0.2) is 73.4 Å². The Kier molecular flexibility index (Phi) is 9.66. The standard InChI is InChI=1S/C32H30ClF3N10O2/c1-48-30-39-15-20(16-40-30)26-13-23(11-12-37-26)46(31(47)41-14-19-5-3-2-4-6-19)22-9-7-21(8-10-22)43-29-38-17-24(32(34,35)36)27(44-29)28-25(33)18-42-45-28/h2-6,11-13,15-18,21-22H,7-10,14H2,1H3,(H,41,47)(H,42,45)(H,38,43,44). The number of rotatable bonds is 9. The largest absolute Gasteiger partial charge is 0.467 e. The van der Waals surface area contributed by atoms with Gasteiger partial charge in [0.2, 0.25) is 5.95 Å². The second kappa shape index (κ2) is 14.2. The number of carbonyl (C=O) groups excluding carboxylic acids is 1. The van der Waals surface area contributed by atoms with E-state index in [9.17, 15) is 18.0 Å². The van der Waals surface area contributed by atoms with Crippen molar-refractivity contribution in [2.24, 2.45) is 0 Å². The minimum absolute atomic E-state index is 0.00933. The van der Waals surface area contributed by atoms with Crippen LogP contribution in [0.3, 0.4) is 0 Å². The Morgan fingerprint density at radius 3 is 2.44 bits per heavy atom. The Balaban J connectivity index is 1.21. The summed E-state index contributed by atoms with van der Waals surface area (Å²) in [6.07, 6.45) is 4.53. The van der Waals surface area contributed by atoms with E-state index < -0.39 is 17.4 Å². The normalized spacial score (nSPS) is 16.3. The molecule has 0 unspecified atom stereocenters. The highest BCUT2D eigenvalue weighted by atomic mass is 35.5. The van der Waals surface area contributed by atoms with Gasteiger partial charge in [-0.25, -0.2) is 24.7 Å². The van der Waals surface area contributed by atoms with Gasteiger partial charge < -0.3 is 15.4 Å². The molecule has 5 aromatic rings. The molecule has 1 saturated carbocycles. The van der Waals surface area contributed by atoms with E-state index in [4.69, 9.17) is 16.3 Å². The molecule has 0 atom stereocenters. The number of halogens is 4. The van der Waals surface area contributed by atoms with E-state index in [0.717, 1.165) is 11.8 Å². The number of aromatic amines is 1. The van der Waals surface area contributed by atoms with Crippen molar-refractivity contribution in [3.63, 3.8) is 0 Å². The van der Waals surface area contributed by atoms with Gasteiger partial charge in [-0.1, -0.05) is 41.9 Å². The maximum Gasteiger partial charge on any atom is 0.420 e. The third-order valence-electron chi connectivity index (χ3n) is 7.94. The van der Waals surface area contributed by atoms with Crippen LogP contribution in [0.5, 0.6) is 6.01 Å². The van der Waals surface area contributed by atoms with Gasteiger partial charge in [0.05, 0.1) is 17.8 Å². The number of hydrogen-bond donors (Lipinski definition) is 3. The number of benzene rings is 1. The number of alkyl halides is 3. The van der Waals surface area contributed by atoms with E-state index in [1.54, 1.807) is 29.6 Å². The van der Waals surface area contributed by atoms with Crippen molar-refractivity contribution >= 4 is 29.3 Å². The molecule has 3 N–H and O–H groups in total. The molecule has 4 aromatic heterocycles. The molecular formula is C32H30ClF3N10O2. The second-order valence-corrected chi connectivity index (χ2v) is 11.5. The van der Waals surface area contributed by atoms with Gasteiger partial charge in [-0.2, -0.15) is 18.3 Å². The Morgan fingerprint density at radius 2 is 1.77 bits per heavy atom. The molecule has 48 heavy (non-hydrogen) atoms. The van der Waals surface area contributed by atoms with Gasteiger partial charge in [-0.15, -0.1) is 0 Å². The van der Waals surface area contributed by atoms with Crippen molar-refractivity contribution in [2.75, 3.05) is 17.3 Å². The minimum Gasteiger partial charge on any atom is -0.467 e. The lowest BCUT2D eigenvalue weighted by Gasteiger charge is -2.37. The third kappa shape index (κ3) is 7.46. The number of urea groups is 1. The number of methoxy groups -OCH3 is 1. The van der Waals surface area contributed by atoms with Gasteiger partial charge >= 0.3 is 18.2 Å². The number of amides is 2. The SMILES string of the molecule is COc1ncc(-c2cc(N(C(=O)NCc3ccccc3)C3CCC(Nc4ncc(C(F)(F)F)c(-c5n[nH]cc5Cl)n4)CC3)ccn2)cn1. The summed E-state index contributed by atoms with van der Waals surface area (Å²) in [6, 6.07) is 12.8. The average Bonchev–Trinajstić information content (AvgIpc) is 3.54. The highest BCUT2D eigenvalue weighted by Gasteiger charge is 2.37. The molecule has 1 aromatic carbocycles. The zero-order valence-electron chi connectivity index (χ0n) is 25.6. The lowest BCUT2D eigenvalue weighted by atomic mass is 9.90. The van der Waals surface area contributed by atoms with Crippen LogP contribution in [0.2, 0.25) is 5.02 Å². The summed E-state index contributed by atoms with van der Waals surface area (Å²) in [5, 5.41) is 12.5. The van der Waals surface area contributed by atoms with Gasteiger partial charge in [-0.05, 0) is 43.4 Å². The number of hydrogen-bond acceptors (Lipinski definition) is 9. The van der Waals surface area contributed by atoms with E-state index in [0.29, 0.717) is 49.2 Å².